The van der Waals surface area contributed by atoms with E-state index in [0.717, 1.165) is 34.8 Å². The van der Waals surface area contributed by atoms with Crippen LogP contribution in [0.2, 0.25) is 5.02 Å². The number of nitrogens with one attached hydrogen (secondary N) is 1. The van der Waals surface area contributed by atoms with Crippen molar-refractivity contribution in [1.82, 2.24) is 10.3 Å². The summed E-state index contributed by atoms with van der Waals surface area (Å²) in [4.78, 5) is 4.28. The molecule has 0 amide bonds. The lowest BCUT2D eigenvalue weighted by Crippen LogP contribution is -2.12. The van der Waals surface area contributed by atoms with Crippen LogP contribution in [0.5, 0.6) is 11.5 Å². The fourth-order valence-electron chi connectivity index (χ4n) is 1.55. The van der Waals surface area contributed by atoms with Gasteiger partial charge in [-0.05, 0) is 46.7 Å². The molecule has 3 nitrogen and oxygen atoms in total. The highest BCUT2D eigenvalue weighted by Crippen LogP contribution is 2.31. The van der Waals surface area contributed by atoms with Crippen molar-refractivity contribution in [3.05, 3.63) is 51.7 Å². The van der Waals surface area contributed by atoms with Gasteiger partial charge in [0.05, 0.1) is 10.2 Å². The molecule has 1 heterocycles. The summed E-state index contributed by atoms with van der Waals surface area (Å²) in [5.74, 6) is 1.48. The second-order valence-electron chi connectivity index (χ2n) is 3.94. The van der Waals surface area contributed by atoms with E-state index < -0.39 is 0 Å². The third-order valence-electron chi connectivity index (χ3n) is 2.47. The molecule has 2 rings (SSSR count). The quantitative estimate of drug-likeness (QED) is 0.875. The van der Waals surface area contributed by atoms with Crippen LogP contribution in [0.4, 0.5) is 0 Å². The van der Waals surface area contributed by atoms with Gasteiger partial charge in [0, 0.05) is 23.8 Å². The van der Waals surface area contributed by atoms with E-state index in [9.17, 15) is 0 Å². The zero-order valence-corrected chi connectivity index (χ0v) is 12.8. The van der Waals surface area contributed by atoms with Crippen LogP contribution in [0.3, 0.4) is 0 Å². The maximum Gasteiger partial charge on any atom is 0.141 e. The maximum absolute atomic E-state index is 5.90. The summed E-state index contributed by atoms with van der Waals surface area (Å²) in [6.45, 7) is 3.70. The largest absolute Gasteiger partial charge is 0.456 e. The van der Waals surface area contributed by atoms with Crippen molar-refractivity contribution in [3.8, 4) is 11.5 Å². The molecular formula is C14H14BrClN2O. The molecule has 0 radical (unpaired) electrons. The van der Waals surface area contributed by atoms with Crippen molar-refractivity contribution in [3.63, 3.8) is 0 Å². The number of ether oxygens (including phenoxy) is 1. The summed E-state index contributed by atoms with van der Waals surface area (Å²) in [6, 6.07) is 9.18. The molecule has 0 aliphatic carbocycles. The van der Waals surface area contributed by atoms with Crippen molar-refractivity contribution < 1.29 is 4.74 Å². The molecule has 0 spiro atoms. The van der Waals surface area contributed by atoms with Gasteiger partial charge >= 0.3 is 0 Å². The van der Waals surface area contributed by atoms with E-state index in [2.05, 4.69) is 33.2 Å². The summed E-state index contributed by atoms with van der Waals surface area (Å²) in [5, 5.41) is 3.90. The molecule has 1 aromatic carbocycles. The Bertz CT molecular complexity index is 563. The topological polar surface area (TPSA) is 34.1 Å². The van der Waals surface area contributed by atoms with Crippen LogP contribution in [0.1, 0.15) is 12.6 Å². The molecule has 0 bridgehead atoms. The zero-order chi connectivity index (χ0) is 13.7. The number of hydrogen-bond donors (Lipinski definition) is 1. The van der Waals surface area contributed by atoms with Gasteiger partial charge in [0.1, 0.15) is 11.5 Å². The number of pyridine rings is 1. The third-order valence-corrected chi connectivity index (χ3v) is 3.32. The summed E-state index contributed by atoms with van der Waals surface area (Å²) >= 11 is 9.33. The average Bonchev–Trinajstić information content (AvgIpc) is 2.40. The van der Waals surface area contributed by atoms with E-state index in [4.69, 9.17) is 16.3 Å². The summed E-state index contributed by atoms with van der Waals surface area (Å²) in [5.41, 5.74) is 0.949. The van der Waals surface area contributed by atoms with Crippen molar-refractivity contribution in [1.29, 1.82) is 0 Å². The molecule has 0 aliphatic heterocycles. The van der Waals surface area contributed by atoms with Gasteiger partial charge in [-0.3, -0.25) is 4.98 Å². The molecule has 1 N–H and O–H groups in total. The highest BCUT2D eigenvalue weighted by molar-refractivity contribution is 9.10. The minimum absolute atomic E-state index is 0.668. The second kappa shape index (κ2) is 6.89. The summed E-state index contributed by atoms with van der Waals surface area (Å²) in [6.07, 6.45) is 1.74. The predicted molar refractivity (Wildman–Crippen MR) is 80.8 cm³/mol. The minimum Gasteiger partial charge on any atom is -0.456 e. The van der Waals surface area contributed by atoms with E-state index in [1.54, 1.807) is 18.3 Å². The summed E-state index contributed by atoms with van der Waals surface area (Å²) < 4.78 is 6.64. The smallest absolute Gasteiger partial charge is 0.141 e. The number of benzene rings is 1. The number of halogens is 2. The van der Waals surface area contributed by atoms with Gasteiger partial charge in [0.2, 0.25) is 0 Å². The van der Waals surface area contributed by atoms with Crippen molar-refractivity contribution in [2.75, 3.05) is 6.54 Å². The molecule has 5 heteroatoms. The van der Waals surface area contributed by atoms with Gasteiger partial charge in [-0.15, -0.1) is 0 Å². The minimum atomic E-state index is 0.668. The first-order valence-electron chi connectivity index (χ1n) is 5.97. The van der Waals surface area contributed by atoms with Gasteiger partial charge in [-0.25, -0.2) is 0 Å². The molecule has 0 saturated carbocycles. The predicted octanol–water partition coefficient (Wildman–Crippen LogP) is 4.40. The van der Waals surface area contributed by atoms with Gasteiger partial charge in [-0.1, -0.05) is 18.5 Å². The van der Waals surface area contributed by atoms with Crippen LogP contribution in [-0.4, -0.2) is 11.5 Å². The lowest BCUT2D eigenvalue weighted by Gasteiger charge is -2.09. The van der Waals surface area contributed by atoms with Crippen LogP contribution >= 0.6 is 27.5 Å². The number of aromatic nitrogens is 1. The number of hydrogen-bond acceptors (Lipinski definition) is 3. The van der Waals surface area contributed by atoms with Gasteiger partial charge in [0.25, 0.3) is 0 Å². The van der Waals surface area contributed by atoms with Crippen LogP contribution in [0, 0.1) is 0 Å². The van der Waals surface area contributed by atoms with E-state index in [-0.39, 0.29) is 0 Å². The van der Waals surface area contributed by atoms with Crippen LogP contribution in [-0.2, 0) is 6.54 Å². The molecule has 19 heavy (non-hydrogen) atoms. The lowest BCUT2D eigenvalue weighted by molar-refractivity contribution is 0.477. The number of rotatable bonds is 5. The Morgan fingerprint density at radius 3 is 2.89 bits per heavy atom. The standard InChI is InChI=1S/C14H14BrClN2O/c1-2-17-9-11-8-12(5-6-18-11)19-14-4-3-10(16)7-13(14)15/h3-8,17H,2,9H2,1H3. The Labute approximate surface area is 126 Å². The number of nitrogens with zero attached hydrogens (tertiary/aromatic N) is 1. The van der Waals surface area contributed by atoms with E-state index in [1.165, 1.54) is 0 Å². The molecule has 0 atom stereocenters. The van der Waals surface area contributed by atoms with E-state index in [1.807, 2.05) is 18.2 Å². The van der Waals surface area contributed by atoms with E-state index >= 15 is 0 Å². The third kappa shape index (κ3) is 4.20. The zero-order valence-electron chi connectivity index (χ0n) is 10.5. The SMILES string of the molecule is CCNCc1cc(Oc2ccc(Cl)cc2Br)ccn1. The Hall–Kier alpha value is -1.10. The highest BCUT2D eigenvalue weighted by atomic mass is 79.9. The van der Waals surface area contributed by atoms with Gasteiger partial charge < -0.3 is 10.1 Å². The van der Waals surface area contributed by atoms with Crippen molar-refractivity contribution in [2.24, 2.45) is 0 Å². The Kier molecular flexibility index (Phi) is 5.19. The normalized spacial score (nSPS) is 10.5. The molecule has 2 aromatic rings. The molecule has 100 valence electrons. The van der Waals surface area contributed by atoms with Crippen LogP contribution < -0.4 is 10.1 Å². The molecular weight excluding hydrogens is 328 g/mol. The first-order valence-corrected chi connectivity index (χ1v) is 7.14. The first-order chi connectivity index (χ1) is 9.19. The molecule has 0 unspecified atom stereocenters. The molecule has 0 fully saturated rings. The highest BCUT2D eigenvalue weighted by Gasteiger charge is 2.04. The Morgan fingerprint density at radius 1 is 1.32 bits per heavy atom. The van der Waals surface area contributed by atoms with Crippen LogP contribution in [0.25, 0.3) is 0 Å². The van der Waals surface area contributed by atoms with Gasteiger partial charge in [0.15, 0.2) is 0 Å². The van der Waals surface area contributed by atoms with Crippen LogP contribution in [0.15, 0.2) is 41.0 Å². The van der Waals surface area contributed by atoms with Crippen molar-refractivity contribution >= 4 is 27.5 Å². The Balaban J connectivity index is 2.14. The molecule has 0 aliphatic rings. The lowest BCUT2D eigenvalue weighted by atomic mass is 10.3. The Morgan fingerprint density at radius 2 is 2.16 bits per heavy atom. The average molecular weight is 342 g/mol. The monoisotopic (exact) mass is 340 g/mol. The fourth-order valence-corrected chi connectivity index (χ4v) is 2.32. The fraction of sp³-hybridized carbons (Fsp3) is 0.214. The van der Waals surface area contributed by atoms with Crippen molar-refractivity contribution in [2.45, 2.75) is 13.5 Å². The molecule has 1 aromatic heterocycles. The second-order valence-corrected chi connectivity index (χ2v) is 5.23. The molecule has 0 saturated heterocycles. The maximum atomic E-state index is 5.90. The summed E-state index contributed by atoms with van der Waals surface area (Å²) in [7, 11) is 0. The van der Waals surface area contributed by atoms with Gasteiger partial charge in [-0.2, -0.15) is 0 Å². The van der Waals surface area contributed by atoms with E-state index in [0.29, 0.717) is 5.02 Å². The first kappa shape index (κ1) is 14.3.